The molecule has 0 saturated carbocycles. The molecule has 0 spiro atoms. The molecule has 0 radical (unpaired) electrons. The highest BCUT2D eigenvalue weighted by Crippen LogP contribution is 2.43. The number of benzene rings is 1. The Bertz CT molecular complexity index is 461. The quantitative estimate of drug-likeness (QED) is 0.901. The Hall–Kier alpha value is -1.29. The van der Waals surface area contributed by atoms with Crippen molar-refractivity contribution in [1.82, 2.24) is 0 Å². The van der Waals surface area contributed by atoms with E-state index in [0.717, 1.165) is 5.56 Å². The maximum Gasteiger partial charge on any atom is 0.231 e. The van der Waals surface area contributed by atoms with E-state index in [-0.39, 0.29) is 13.4 Å². The fourth-order valence-electron chi connectivity index (χ4n) is 2.08. The topological polar surface area (TPSA) is 38.7 Å². The van der Waals surface area contributed by atoms with E-state index in [1.54, 1.807) is 12.1 Å². The third-order valence-electron chi connectivity index (χ3n) is 3.28. The second-order valence-corrected chi connectivity index (χ2v) is 5.77. The summed E-state index contributed by atoms with van der Waals surface area (Å²) in [5, 5.41) is 9.49. The zero-order chi connectivity index (χ0) is 13.6. The van der Waals surface area contributed by atoms with Crippen LogP contribution in [-0.2, 0) is 11.1 Å². The van der Waals surface area contributed by atoms with Crippen LogP contribution in [0.5, 0.6) is 11.5 Å². The van der Waals surface area contributed by atoms with E-state index in [1.165, 1.54) is 13.8 Å². The lowest BCUT2D eigenvalue weighted by atomic mass is 9.78. The fourth-order valence-corrected chi connectivity index (χ4v) is 2.08. The van der Waals surface area contributed by atoms with Gasteiger partial charge in [-0.15, -0.1) is 0 Å². The van der Waals surface area contributed by atoms with Crippen molar-refractivity contribution in [2.75, 3.05) is 13.4 Å². The van der Waals surface area contributed by atoms with Gasteiger partial charge in [0, 0.05) is 5.41 Å². The van der Waals surface area contributed by atoms with E-state index < -0.39 is 11.1 Å². The summed E-state index contributed by atoms with van der Waals surface area (Å²) in [6, 6.07) is 3.45. The monoisotopic (exact) mass is 254 g/mol. The van der Waals surface area contributed by atoms with E-state index in [4.69, 9.17) is 9.47 Å². The second kappa shape index (κ2) is 4.12. The number of hydrogen-bond donors (Lipinski definition) is 1. The average molecular weight is 254 g/mol. The van der Waals surface area contributed by atoms with Gasteiger partial charge >= 0.3 is 0 Å². The van der Waals surface area contributed by atoms with Crippen LogP contribution < -0.4 is 9.47 Å². The Morgan fingerprint density at radius 3 is 2.06 bits per heavy atom. The molecule has 0 bridgehead atoms. The number of ether oxygens (including phenoxy) is 2. The van der Waals surface area contributed by atoms with Crippen LogP contribution in [0.15, 0.2) is 12.1 Å². The Balaban J connectivity index is 2.63. The lowest BCUT2D eigenvalue weighted by molar-refractivity contribution is 0.173. The van der Waals surface area contributed by atoms with Crippen molar-refractivity contribution in [2.45, 2.75) is 38.8 Å². The summed E-state index contributed by atoms with van der Waals surface area (Å²) in [5.41, 5.74) is -0.741. The van der Waals surface area contributed by atoms with E-state index in [9.17, 15) is 9.50 Å². The SMILES string of the molecule is CC(C)(F)c1cc2c(cc1C(C)(C)CO)OCO2. The van der Waals surface area contributed by atoms with Crippen molar-refractivity contribution < 1.29 is 19.0 Å². The van der Waals surface area contributed by atoms with Crippen LogP contribution in [-0.4, -0.2) is 18.5 Å². The van der Waals surface area contributed by atoms with Crippen LogP contribution in [0.3, 0.4) is 0 Å². The molecule has 0 aliphatic carbocycles. The minimum atomic E-state index is -1.50. The molecule has 4 heteroatoms. The van der Waals surface area contributed by atoms with Gasteiger partial charge in [0.1, 0.15) is 5.67 Å². The first-order valence-corrected chi connectivity index (χ1v) is 6.00. The molecule has 0 unspecified atom stereocenters. The van der Waals surface area contributed by atoms with Crippen molar-refractivity contribution in [2.24, 2.45) is 0 Å². The molecular weight excluding hydrogens is 235 g/mol. The van der Waals surface area contributed by atoms with Gasteiger partial charge in [0.05, 0.1) is 6.61 Å². The van der Waals surface area contributed by atoms with Crippen molar-refractivity contribution >= 4 is 0 Å². The van der Waals surface area contributed by atoms with Gasteiger partial charge < -0.3 is 14.6 Å². The zero-order valence-electron chi connectivity index (χ0n) is 11.2. The van der Waals surface area contributed by atoms with Crippen LogP contribution in [0.25, 0.3) is 0 Å². The highest BCUT2D eigenvalue weighted by molar-refractivity contribution is 5.52. The highest BCUT2D eigenvalue weighted by Gasteiger charge is 2.33. The number of rotatable bonds is 3. The molecule has 1 aromatic carbocycles. The Labute approximate surface area is 107 Å². The summed E-state index contributed by atoms with van der Waals surface area (Å²) in [6.45, 7) is 6.85. The molecular formula is C14H19FO3. The second-order valence-electron chi connectivity index (χ2n) is 5.77. The molecule has 100 valence electrons. The fraction of sp³-hybridized carbons (Fsp3) is 0.571. The smallest absolute Gasteiger partial charge is 0.231 e. The molecule has 1 heterocycles. The van der Waals surface area contributed by atoms with Crippen LogP contribution in [0, 0.1) is 0 Å². The standard InChI is InChI=1S/C14H19FO3/c1-13(2,7-16)9-5-11-12(18-8-17-11)6-10(9)14(3,4)15/h5-6,16H,7-8H2,1-4H3. The van der Waals surface area contributed by atoms with Crippen molar-refractivity contribution in [3.63, 3.8) is 0 Å². The molecule has 1 aliphatic heterocycles. The molecule has 1 aliphatic rings. The summed E-state index contributed by atoms with van der Waals surface area (Å²) in [7, 11) is 0. The van der Waals surface area contributed by atoms with Crippen molar-refractivity contribution in [3.05, 3.63) is 23.3 Å². The molecule has 0 fully saturated rings. The number of aliphatic hydroxyl groups excluding tert-OH is 1. The molecule has 0 saturated heterocycles. The first kappa shape index (κ1) is 13.1. The first-order chi connectivity index (χ1) is 8.25. The van der Waals surface area contributed by atoms with Gasteiger partial charge in [-0.2, -0.15) is 0 Å². The number of hydrogen-bond acceptors (Lipinski definition) is 3. The molecule has 2 rings (SSSR count). The molecule has 0 amide bonds. The van der Waals surface area contributed by atoms with Gasteiger partial charge in [0.2, 0.25) is 6.79 Å². The van der Waals surface area contributed by atoms with E-state index in [0.29, 0.717) is 17.1 Å². The average Bonchev–Trinajstić information content (AvgIpc) is 2.73. The predicted octanol–water partition coefficient (Wildman–Crippen LogP) is 2.89. The number of alkyl halides is 1. The van der Waals surface area contributed by atoms with E-state index >= 15 is 0 Å². The van der Waals surface area contributed by atoms with E-state index in [1.807, 2.05) is 13.8 Å². The van der Waals surface area contributed by atoms with Crippen molar-refractivity contribution in [3.8, 4) is 11.5 Å². The Morgan fingerprint density at radius 2 is 1.61 bits per heavy atom. The summed E-state index contributed by atoms with van der Waals surface area (Å²) >= 11 is 0. The van der Waals surface area contributed by atoms with Gasteiger partial charge in [-0.05, 0) is 37.1 Å². The maximum atomic E-state index is 14.3. The summed E-state index contributed by atoms with van der Waals surface area (Å²) in [4.78, 5) is 0. The van der Waals surface area contributed by atoms with Crippen LogP contribution >= 0.6 is 0 Å². The molecule has 1 N–H and O–H groups in total. The lowest BCUT2D eigenvalue weighted by Crippen LogP contribution is -2.27. The van der Waals surface area contributed by atoms with Gasteiger partial charge in [0.15, 0.2) is 11.5 Å². The predicted molar refractivity (Wildman–Crippen MR) is 66.8 cm³/mol. The molecule has 1 aromatic rings. The van der Waals surface area contributed by atoms with Gasteiger partial charge in [0.25, 0.3) is 0 Å². The highest BCUT2D eigenvalue weighted by atomic mass is 19.1. The van der Waals surface area contributed by atoms with Gasteiger partial charge in [-0.1, -0.05) is 13.8 Å². The largest absolute Gasteiger partial charge is 0.454 e. The molecule has 0 atom stereocenters. The summed E-state index contributed by atoms with van der Waals surface area (Å²) < 4.78 is 24.9. The minimum absolute atomic E-state index is 0.0598. The summed E-state index contributed by atoms with van der Waals surface area (Å²) in [5.74, 6) is 1.17. The van der Waals surface area contributed by atoms with Gasteiger partial charge in [-0.3, -0.25) is 0 Å². The molecule has 3 nitrogen and oxygen atoms in total. The molecule has 18 heavy (non-hydrogen) atoms. The normalized spacial score (nSPS) is 15.0. The first-order valence-electron chi connectivity index (χ1n) is 6.00. The number of aliphatic hydroxyl groups is 1. The molecule has 0 aromatic heterocycles. The summed E-state index contributed by atoms with van der Waals surface area (Å²) in [6.07, 6.45) is 0. The number of fused-ring (bicyclic) bond motifs is 1. The zero-order valence-corrected chi connectivity index (χ0v) is 11.2. The third-order valence-corrected chi connectivity index (χ3v) is 3.28. The maximum absolute atomic E-state index is 14.3. The third kappa shape index (κ3) is 2.17. The van der Waals surface area contributed by atoms with Crippen molar-refractivity contribution in [1.29, 1.82) is 0 Å². The van der Waals surface area contributed by atoms with E-state index in [2.05, 4.69) is 0 Å². The van der Waals surface area contributed by atoms with Gasteiger partial charge in [-0.25, -0.2) is 4.39 Å². The Kier molecular flexibility index (Phi) is 3.01. The van der Waals surface area contributed by atoms with Crippen LogP contribution in [0.2, 0.25) is 0 Å². The lowest BCUT2D eigenvalue weighted by Gasteiger charge is -2.29. The van der Waals surface area contributed by atoms with Crippen LogP contribution in [0.4, 0.5) is 4.39 Å². The van der Waals surface area contributed by atoms with Crippen LogP contribution in [0.1, 0.15) is 38.8 Å². The number of halogens is 1. The Morgan fingerprint density at radius 1 is 1.11 bits per heavy atom. The minimum Gasteiger partial charge on any atom is -0.454 e.